The lowest BCUT2D eigenvalue weighted by atomic mass is 10.1. The third kappa shape index (κ3) is 1.80. The molecule has 0 aliphatic carbocycles. The molecule has 0 N–H and O–H groups in total. The van der Waals surface area contributed by atoms with Crippen LogP contribution in [0.1, 0.15) is 0 Å². The van der Waals surface area contributed by atoms with Crippen LogP contribution in [0.25, 0.3) is 10.4 Å². The molecule has 0 spiro atoms. The second-order valence-corrected chi connectivity index (χ2v) is 3.83. The molecule has 1 heterocycles. The molecule has 0 aliphatic rings. The van der Waals surface area contributed by atoms with Gasteiger partial charge in [0.15, 0.2) is 0 Å². The average Bonchev–Trinajstić information content (AvgIpc) is 2.72. The summed E-state index contributed by atoms with van der Waals surface area (Å²) in [4.78, 5) is 5.24. The van der Waals surface area contributed by atoms with Gasteiger partial charge in [0, 0.05) is 10.4 Å². The Hall–Kier alpha value is -1.28. The first-order valence-electron chi connectivity index (χ1n) is 4.12. The summed E-state index contributed by atoms with van der Waals surface area (Å²) in [6.07, 6.45) is 0. The van der Waals surface area contributed by atoms with Crippen LogP contribution in [0.2, 0.25) is 0 Å². The van der Waals surface area contributed by atoms with E-state index in [4.69, 9.17) is 0 Å². The Morgan fingerprint density at radius 1 is 1.14 bits per heavy atom. The Morgan fingerprint density at radius 3 is 2.71 bits per heavy atom. The second kappa shape index (κ2) is 4.29. The van der Waals surface area contributed by atoms with E-state index in [9.17, 15) is 0 Å². The zero-order chi connectivity index (χ0) is 9.80. The standard InChI is InChI=1S/C11H7NS2/c13-8-12-10-5-2-1-4-9(10)11-6-3-7-14-11/h1-7H. The van der Waals surface area contributed by atoms with Crippen LogP contribution < -0.4 is 0 Å². The summed E-state index contributed by atoms with van der Waals surface area (Å²) in [6, 6.07) is 12.0. The topological polar surface area (TPSA) is 12.4 Å². The summed E-state index contributed by atoms with van der Waals surface area (Å²) >= 11 is 6.30. The Kier molecular flexibility index (Phi) is 2.84. The first-order chi connectivity index (χ1) is 6.92. The number of para-hydroxylation sites is 1. The molecule has 0 aliphatic heterocycles. The monoisotopic (exact) mass is 217 g/mol. The van der Waals surface area contributed by atoms with Crippen LogP contribution in [0.5, 0.6) is 0 Å². The molecule has 0 unspecified atom stereocenters. The van der Waals surface area contributed by atoms with Crippen molar-refractivity contribution in [2.24, 2.45) is 4.99 Å². The largest absolute Gasteiger partial charge is 0.194 e. The smallest absolute Gasteiger partial charge is 0.0826 e. The van der Waals surface area contributed by atoms with Gasteiger partial charge in [0.25, 0.3) is 0 Å². The Balaban J connectivity index is 2.57. The van der Waals surface area contributed by atoms with Gasteiger partial charge in [-0.1, -0.05) is 24.3 Å². The molecule has 1 nitrogen and oxygen atoms in total. The molecule has 0 saturated carbocycles. The number of hydrogen-bond donors (Lipinski definition) is 0. The minimum Gasteiger partial charge on any atom is -0.194 e. The van der Waals surface area contributed by atoms with Crippen molar-refractivity contribution in [3.8, 4) is 10.4 Å². The van der Waals surface area contributed by atoms with E-state index >= 15 is 0 Å². The molecule has 1 aromatic carbocycles. The highest BCUT2D eigenvalue weighted by Gasteiger charge is 2.02. The number of benzene rings is 1. The van der Waals surface area contributed by atoms with E-state index in [0.717, 1.165) is 11.3 Å². The summed E-state index contributed by atoms with van der Waals surface area (Å²) in [5, 5.41) is 4.45. The van der Waals surface area contributed by atoms with E-state index < -0.39 is 0 Å². The van der Waals surface area contributed by atoms with Crippen molar-refractivity contribution in [1.82, 2.24) is 0 Å². The van der Waals surface area contributed by atoms with Crippen molar-refractivity contribution in [3.63, 3.8) is 0 Å². The minimum absolute atomic E-state index is 0.880. The molecular weight excluding hydrogens is 210 g/mol. The van der Waals surface area contributed by atoms with E-state index in [1.165, 1.54) is 4.88 Å². The maximum Gasteiger partial charge on any atom is 0.0826 e. The van der Waals surface area contributed by atoms with Gasteiger partial charge in [-0.25, -0.2) is 0 Å². The molecule has 14 heavy (non-hydrogen) atoms. The van der Waals surface area contributed by atoms with E-state index in [1.54, 1.807) is 11.3 Å². The van der Waals surface area contributed by atoms with Gasteiger partial charge in [0.05, 0.1) is 10.8 Å². The summed E-state index contributed by atoms with van der Waals surface area (Å²) in [5.41, 5.74) is 1.99. The lowest BCUT2D eigenvalue weighted by Gasteiger charge is -2.00. The predicted octanol–water partition coefficient (Wildman–Crippen LogP) is 4.15. The van der Waals surface area contributed by atoms with E-state index in [1.807, 2.05) is 35.7 Å². The first kappa shape index (κ1) is 9.28. The van der Waals surface area contributed by atoms with Crippen molar-refractivity contribution in [2.45, 2.75) is 0 Å². The molecule has 1 aromatic heterocycles. The molecule has 68 valence electrons. The van der Waals surface area contributed by atoms with Gasteiger partial charge in [-0.05, 0) is 29.7 Å². The molecule has 0 atom stereocenters. The Morgan fingerprint density at radius 2 is 2.00 bits per heavy atom. The lowest BCUT2D eigenvalue weighted by molar-refractivity contribution is 1.55. The molecule has 0 radical (unpaired) electrons. The minimum atomic E-state index is 0.880. The van der Waals surface area contributed by atoms with Gasteiger partial charge in [0.2, 0.25) is 0 Å². The van der Waals surface area contributed by atoms with E-state index in [0.29, 0.717) is 0 Å². The van der Waals surface area contributed by atoms with Crippen LogP contribution in [-0.2, 0) is 0 Å². The molecule has 0 amide bonds. The maximum absolute atomic E-state index is 4.61. The fraction of sp³-hybridized carbons (Fsp3) is 0. The summed E-state index contributed by atoms with van der Waals surface area (Å²) in [5.74, 6) is 0. The van der Waals surface area contributed by atoms with Crippen molar-refractivity contribution >= 4 is 34.4 Å². The third-order valence-corrected chi connectivity index (χ3v) is 2.85. The number of nitrogens with zero attached hydrogens (tertiary/aromatic N) is 1. The number of rotatable bonds is 2. The van der Waals surface area contributed by atoms with Gasteiger partial charge in [-0.3, -0.25) is 0 Å². The molecular formula is C11H7NS2. The summed E-state index contributed by atoms with van der Waals surface area (Å²) in [6.45, 7) is 0. The second-order valence-electron chi connectivity index (χ2n) is 2.70. The van der Waals surface area contributed by atoms with Crippen LogP contribution in [0.3, 0.4) is 0 Å². The van der Waals surface area contributed by atoms with Gasteiger partial charge in [0.1, 0.15) is 0 Å². The maximum atomic E-state index is 4.61. The zero-order valence-electron chi connectivity index (χ0n) is 7.31. The highest BCUT2D eigenvalue weighted by atomic mass is 32.1. The first-order valence-corrected chi connectivity index (χ1v) is 5.41. The fourth-order valence-corrected chi connectivity index (χ4v) is 2.12. The quantitative estimate of drug-likeness (QED) is 0.543. The number of isothiocyanates is 1. The van der Waals surface area contributed by atoms with Crippen LogP contribution in [-0.4, -0.2) is 5.16 Å². The van der Waals surface area contributed by atoms with Gasteiger partial charge in [-0.15, -0.1) is 11.3 Å². The molecule has 0 saturated heterocycles. The highest BCUT2D eigenvalue weighted by Crippen LogP contribution is 2.32. The van der Waals surface area contributed by atoms with Crippen molar-refractivity contribution in [1.29, 1.82) is 0 Å². The van der Waals surface area contributed by atoms with Crippen molar-refractivity contribution in [2.75, 3.05) is 0 Å². The van der Waals surface area contributed by atoms with E-state index in [-0.39, 0.29) is 0 Å². The number of thiocarbonyl (C=S) groups is 1. The van der Waals surface area contributed by atoms with Gasteiger partial charge >= 0.3 is 0 Å². The van der Waals surface area contributed by atoms with Crippen LogP contribution >= 0.6 is 23.6 Å². The Labute approximate surface area is 91.7 Å². The van der Waals surface area contributed by atoms with Crippen LogP contribution in [0.4, 0.5) is 5.69 Å². The van der Waals surface area contributed by atoms with Crippen LogP contribution in [0, 0.1) is 0 Å². The predicted molar refractivity (Wildman–Crippen MR) is 64.4 cm³/mol. The normalized spacial score (nSPS) is 9.43. The highest BCUT2D eigenvalue weighted by molar-refractivity contribution is 7.78. The summed E-state index contributed by atoms with van der Waals surface area (Å²) in [7, 11) is 0. The van der Waals surface area contributed by atoms with Crippen molar-refractivity contribution < 1.29 is 0 Å². The number of hydrogen-bond acceptors (Lipinski definition) is 3. The van der Waals surface area contributed by atoms with E-state index in [2.05, 4.69) is 28.4 Å². The van der Waals surface area contributed by atoms with Gasteiger partial charge < -0.3 is 0 Å². The molecule has 2 aromatic rings. The summed E-state index contributed by atoms with van der Waals surface area (Å²) < 4.78 is 0. The third-order valence-electron chi connectivity index (χ3n) is 1.86. The molecule has 0 fully saturated rings. The molecule has 3 heteroatoms. The fourth-order valence-electron chi connectivity index (χ4n) is 1.26. The Bertz CT molecular complexity index is 468. The van der Waals surface area contributed by atoms with Crippen LogP contribution in [0.15, 0.2) is 46.8 Å². The SMILES string of the molecule is S=C=Nc1ccccc1-c1cccs1. The molecule has 0 bridgehead atoms. The average molecular weight is 217 g/mol. The lowest BCUT2D eigenvalue weighted by Crippen LogP contribution is -1.72. The number of thiophene rings is 1. The molecule has 2 rings (SSSR count). The van der Waals surface area contributed by atoms with Crippen molar-refractivity contribution in [3.05, 3.63) is 41.8 Å². The van der Waals surface area contributed by atoms with Gasteiger partial charge in [-0.2, -0.15) is 4.99 Å². The zero-order valence-corrected chi connectivity index (χ0v) is 8.94. The number of aliphatic imine (C=N–C) groups is 1.